The lowest BCUT2D eigenvalue weighted by Gasteiger charge is -2.19. The predicted octanol–water partition coefficient (Wildman–Crippen LogP) is 1.49. The largest absolute Gasteiger partial charge is 0.466 e. The number of aliphatic imine (C=N–C) groups is 1. The van der Waals surface area contributed by atoms with Crippen LogP contribution in [-0.2, 0) is 15.1 Å². The fourth-order valence-corrected chi connectivity index (χ4v) is 2.02. The average Bonchev–Trinajstić information content (AvgIpc) is 3.10. The average molecular weight is 341 g/mol. The summed E-state index contributed by atoms with van der Waals surface area (Å²) in [5.74, 6) is 1.19. The molecule has 0 aliphatic carbocycles. The van der Waals surface area contributed by atoms with E-state index in [-0.39, 0.29) is 6.54 Å². The van der Waals surface area contributed by atoms with Crippen molar-refractivity contribution in [2.45, 2.75) is 32.3 Å². The first-order chi connectivity index (χ1) is 11.6. The number of guanidine groups is 1. The zero-order valence-electron chi connectivity index (χ0n) is 15.0. The van der Waals surface area contributed by atoms with Crippen molar-refractivity contribution in [3.8, 4) is 0 Å². The van der Waals surface area contributed by atoms with E-state index in [2.05, 4.69) is 15.6 Å². The van der Waals surface area contributed by atoms with Gasteiger partial charge >= 0.3 is 0 Å². The molecular weight excluding hydrogens is 310 g/mol. The number of hydrogen-bond donors (Lipinski definition) is 3. The molecule has 1 atom stereocenters. The number of unbranched alkanes of at least 4 members (excludes halogenated alkanes) is 1. The SMILES string of the molecule is CCNC(=NCC(C)(O)c1ccco1)NCCCCOCCOC. The van der Waals surface area contributed by atoms with E-state index in [0.29, 0.717) is 24.9 Å². The second-order valence-electron chi connectivity index (χ2n) is 5.69. The number of rotatable bonds is 12. The molecule has 1 aromatic heterocycles. The second-order valence-corrected chi connectivity index (χ2v) is 5.69. The van der Waals surface area contributed by atoms with Crippen LogP contribution < -0.4 is 10.6 Å². The van der Waals surface area contributed by atoms with Gasteiger partial charge in [-0.05, 0) is 38.8 Å². The minimum atomic E-state index is -1.12. The summed E-state index contributed by atoms with van der Waals surface area (Å²) in [4.78, 5) is 4.44. The minimum absolute atomic E-state index is 0.218. The lowest BCUT2D eigenvalue weighted by molar-refractivity contribution is 0.0437. The van der Waals surface area contributed by atoms with E-state index in [1.807, 2.05) is 6.92 Å². The first-order valence-electron chi connectivity index (χ1n) is 8.45. The first kappa shape index (κ1) is 20.5. The van der Waals surface area contributed by atoms with Crippen LogP contribution in [0.15, 0.2) is 27.8 Å². The molecular formula is C17H31N3O4. The zero-order valence-corrected chi connectivity index (χ0v) is 15.0. The summed E-state index contributed by atoms with van der Waals surface area (Å²) < 4.78 is 15.6. The summed E-state index contributed by atoms with van der Waals surface area (Å²) >= 11 is 0. The van der Waals surface area contributed by atoms with Crippen LogP contribution in [0.25, 0.3) is 0 Å². The molecule has 3 N–H and O–H groups in total. The van der Waals surface area contributed by atoms with Crippen molar-refractivity contribution < 1.29 is 19.0 Å². The van der Waals surface area contributed by atoms with Crippen LogP contribution in [-0.4, -0.2) is 57.6 Å². The van der Waals surface area contributed by atoms with Crippen molar-refractivity contribution in [2.75, 3.05) is 46.6 Å². The molecule has 0 spiro atoms. The molecule has 0 saturated carbocycles. The molecule has 1 aromatic rings. The second kappa shape index (κ2) is 11.9. The molecule has 7 heteroatoms. The molecule has 1 unspecified atom stereocenters. The third-order valence-corrected chi connectivity index (χ3v) is 3.38. The number of hydrogen-bond acceptors (Lipinski definition) is 5. The molecule has 7 nitrogen and oxygen atoms in total. The van der Waals surface area contributed by atoms with E-state index in [0.717, 1.165) is 32.5 Å². The maximum atomic E-state index is 10.4. The Morgan fingerprint density at radius 2 is 2.12 bits per heavy atom. The summed E-state index contributed by atoms with van der Waals surface area (Å²) in [6.45, 7) is 7.46. The van der Waals surface area contributed by atoms with Gasteiger partial charge in [0.2, 0.25) is 0 Å². The normalized spacial score (nSPS) is 14.4. The summed E-state index contributed by atoms with van der Waals surface area (Å²) in [5.41, 5.74) is -1.12. The maximum Gasteiger partial charge on any atom is 0.191 e. The van der Waals surface area contributed by atoms with Gasteiger partial charge in [-0.2, -0.15) is 0 Å². The van der Waals surface area contributed by atoms with Gasteiger partial charge in [0.05, 0.1) is 26.0 Å². The number of nitrogens with zero attached hydrogens (tertiary/aromatic N) is 1. The first-order valence-corrected chi connectivity index (χ1v) is 8.45. The molecule has 0 aliphatic heterocycles. The standard InChI is InChI=1S/C17H31N3O4/c1-4-18-16(19-9-5-6-10-23-13-12-22-3)20-14-17(2,21)15-8-7-11-24-15/h7-8,11,21H,4-6,9-10,12-14H2,1-3H3,(H2,18,19,20). The fourth-order valence-electron chi connectivity index (χ4n) is 2.02. The topological polar surface area (TPSA) is 88.3 Å². The lowest BCUT2D eigenvalue weighted by atomic mass is 10.0. The number of ether oxygens (including phenoxy) is 2. The minimum Gasteiger partial charge on any atom is -0.466 e. The Morgan fingerprint density at radius 1 is 1.29 bits per heavy atom. The van der Waals surface area contributed by atoms with E-state index < -0.39 is 5.60 Å². The molecule has 138 valence electrons. The fraction of sp³-hybridized carbons (Fsp3) is 0.706. The van der Waals surface area contributed by atoms with Gasteiger partial charge in [-0.25, -0.2) is 4.99 Å². The summed E-state index contributed by atoms with van der Waals surface area (Å²) in [6.07, 6.45) is 3.50. The third kappa shape index (κ3) is 8.33. The molecule has 0 radical (unpaired) electrons. The van der Waals surface area contributed by atoms with Crippen LogP contribution in [0.4, 0.5) is 0 Å². The predicted molar refractivity (Wildman–Crippen MR) is 94.2 cm³/mol. The Bertz CT molecular complexity index is 447. The van der Waals surface area contributed by atoms with Gasteiger partial charge in [-0.3, -0.25) is 0 Å². The Labute approximate surface area is 144 Å². The smallest absolute Gasteiger partial charge is 0.191 e. The Kier molecular flexibility index (Phi) is 10.1. The molecule has 0 aromatic carbocycles. The lowest BCUT2D eigenvalue weighted by Crippen LogP contribution is -2.39. The number of furan rings is 1. The molecule has 1 heterocycles. The Hall–Kier alpha value is -1.57. The van der Waals surface area contributed by atoms with Crippen LogP contribution in [0.2, 0.25) is 0 Å². The van der Waals surface area contributed by atoms with Crippen molar-refractivity contribution in [3.05, 3.63) is 24.2 Å². The van der Waals surface area contributed by atoms with Gasteiger partial charge in [-0.15, -0.1) is 0 Å². The van der Waals surface area contributed by atoms with Gasteiger partial charge in [0.15, 0.2) is 5.96 Å². The number of methoxy groups -OCH3 is 1. The van der Waals surface area contributed by atoms with Crippen molar-refractivity contribution in [3.63, 3.8) is 0 Å². The molecule has 0 amide bonds. The molecule has 0 fully saturated rings. The van der Waals surface area contributed by atoms with Crippen LogP contribution >= 0.6 is 0 Å². The van der Waals surface area contributed by atoms with Crippen molar-refractivity contribution in [1.82, 2.24) is 10.6 Å². The molecule has 0 bridgehead atoms. The van der Waals surface area contributed by atoms with Crippen molar-refractivity contribution in [2.24, 2.45) is 4.99 Å². The number of aliphatic hydroxyl groups is 1. The van der Waals surface area contributed by atoms with E-state index in [4.69, 9.17) is 13.9 Å². The molecule has 1 rings (SSSR count). The van der Waals surface area contributed by atoms with Crippen molar-refractivity contribution >= 4 is 5.96 Å². The van der Waals surface area contributed by atoms with E-state index in [1.165, 1.54) is 0 Å². The van der Waals surface area contributed by atoms with Gasteiger partial charge < -0.3 is 29.6 Å². The Morgan fingerprint density at radius 3 is 2.79 bits per heavy atom. The zero-order chi connectivity index (χ0) is 17.7. The quantitative estimate of drug-likeness (QED) is 0.303. The highest BCUT2D eigenvalue weighted by Crippen LogP contribution is 2.20. The molecule has 24 heavy (non-hydrogen) atoms. The summed E-state index contributed by atoms with van der Waals surface area (Å²) in [7, 11) is 1.66. The van der Waals surface area contributed by atoms with Gasteiger partial charge in [-0.1, -0.05) is 0 Å². The van der Waals surface area contributed by atoms with E-state index in [1.54, 1.807) is 32.4 Å². The highest BCUT2D eigenvalue weighted by atomic mass is 16.5. The maximum absolute atomic E-state index is 10.4. The van der Waals surface area contributed by atoms with Crippen LogP contribution in [0, 0.1) is 0 Å². The highest BCUT2D eigenvalue weighted by molar-refractivity contribution is 5.79. The molecule has 0 aliphatic rings. The van der Waals surface area contributed by atoms with Crippen LogP contribution in [0.3, 0.4) is 0 Å². The Balaban J connectivity index is 2.30. The van der Waals surface area contributed by atoms with Crippen LogP contribution in [0.5, 0.6) is 0 Å². The molecule has 0 saturated heterocycles. The van der Waals surface area contributed by atoms with E-state index >= 15 is 0 Å². The van der Waals surface area contributed by atoms with Gasteiger partial charge in [0.25, 0.3) is 0 Å². The van der Waals surface area contributed by atoms with Crippen LogP contribution in [0.1, 0.15) is 32.4 Å². The van der Waals surface area contributed by atoms with Crippen molar-refractivity contribution in [1.29, 1.82) is 0 Å². The third-order valence-electron chi connectivity index (χ3n) is 3.38. The van der Waals surface area contributed by atoms with Gasteiger partial charge in [0, 0.05) is 26.8 Å². The van der Waals surface area contributed by atoms with E-state index in [9.17, 15) is 5.11 Å². The number of nitrogens with one attached hydrogen (secondary N) is 2. The summed E-state index contributed by atoms with van der Waals surface area (Å²) in [5, 5.41) is 16.8. The highest BCUT2D eigenvalue weighted by Gasteiger charge is 2.25. The summed E-state index contributed by atoms with van der Waals surface area (Å²) in [6, 6.07) is 3.51. The van der Waals surface area contributed by atoms with Gasteiger partial charge in [0.1, 0.15) is 11.4 Å². The monoisotopic (exact) mass is 341 g/mol.